The lowest BCUT2D eigenvalue weighted by atomic mass is 9.68. The lowest BCUT2D eigenvalue weighted by Crippen LogP contribution is -2.47. The topological polar surface area (TPSA) is 29.5 Å². The molecule has 1 heterocycles. The van der Waals surface area contributed by atoms with Crippen molar-refractivity contribution < 1.29 is 9.53 Å². The summed E-state index contributed by atoms with van der Waals surface area (Å²) in [5.41, 5.74) is 0.708. The van der Waals surface area contributed by atoms with Crippen molar-refractivity contribution in [3.63, 3.8) is 0 Å². The number of piperidine rings is 1. The molecule has 0 spiro atoms. The number of nitrogens with zero attached hydrogens (tertiary/aromatic N) is 1. The second-order valence-electron chi connectivity index (χ2n) is 7.00. The minimum Gasteiger partial charge on any atom is -0.465 e. The molecule has 1 aliphatic carbocycles. The van der Waals surface area contributed by atoms with Crippen LogP contribution in [-0.2, 0) is 14.9 Å². The van der Waals surface area contributed by atoms with E-state index in [1.54, 1.807) is 0 Å². The third-order valence-corrected chi connectivity index (χ3v) is 5.71. The molecule has 1 aromatic carbocycles. The molecular weight excluding hydrogens is 286 g/mol. The molecule has 2 aliphatic rings. The SMILES string of the molecule is CCOC(=O)C1(c2ccccc2)CCC(N2CCCCC2)CC1. The van der Waals surface area contributed by atoms with Gasteiger partial charge in [0.2, 0.25) is 0 Å². The predicted molar refractivity (Wildman–Crippen MR) is 92.4 cm³/mol. The predicted octanol–water partition coefficient (Wildman–Crippen LogP) is 3.92. The highest BCUT2D eigenvalue weighted by molar-refractivity contribution is 5.83. The molecular formula is C20H29NO2. The van der Waals surface area contributed by atoms with Crippen LogP contribution in [-0.4, -0.2) is 36.6 Å². The van der Waals surface area contributed by atoms with E-state index in [-0.39, 0.29) is 5.97 Å². The molecule has 1 aromatic rings. The van der Waals surface area contributed by atoms with Gasteiger partial charge in [0.15, 0.2) is 0 Å². The molecule has 0 radical (unpaired) electrons. The minimum absolute atomic E-state index is 0.0247. The summed E-state index contributed by atoms with van der Waals surface area (Å²) >= 11 is 0. The molecule has 3 heteroatoms. The normalized spacial score (nSPS) is 29.2. The van der Waals surface area contributed by atoms with Gasteiger partial charge in [0, 0.05) is 6.04 Å². The summed E-state index contributed by atoms with van der Waals surface area (Å²) in [5.74, 6) is -0.0247. The molecule has 2 fully saturated rings. The third-order valence-electron chi connectivity index (χ3n) is 5.71. The van der Waals surface area contributed by atoms with E-state index in [0.29, 0.717) is 12.6 Å². The van der Waals surface area contributed by atoms with Crippen molar-refractivity contribution in [3.05, 3.63) is 35.9 Å². The summed E-state index contributed by atoms with van der Waals surface area (Å²) in [7, 11) is 0. The van der Waals surface area contributed by atoms with Gasteiger partial charge in [0.05, 0.1) is 12.0 Å². The molecule has 1 aliphatic heterocycles. The maximum absolute atomic E-state index is 12.8. The van der Waals surface area contributed by atoms with Crippen LogP contribution in [0.25, 0.3) is 0 Å². The fourth-order valence-corrected chi connectivity index (χ4v) is 4.38. The summed E-state index contributed by atoms with van der Waals surface area (Å²) in [4.78, 5) is 15.4. The Balaban J connectivity index is 1.75. The number of ether oxygens (including phenoxy) is 1. The Labute approximate surface area is 140 Å². The highest BCUT2D eigenvalue weighted by Crippen LogP contribution is 2.42. The van der Waals surface area contributed by atoms with E-state index in [0.717, 1.165) is 31.2 Å². The van der Waals surface area contributed by atoms with Crippen LogP contribution in [0.2, 0.25) is 0 Å². The van der Waals surface area contributed by atoms with Crippen molar-refractivity contribution in [1.82, 2.24) is 4.90 Å². The molecule has 3 nitrogen and oxygen atoms in total. The number of esters is 1. The lowest BCUT2D eigenvalue weighted by Gasteiger charge is -2.43. The second kappa shape index (κ2) is 7.48. The zero-order valence-corrected chi connectivity index (χ0v) is 14.3. The Morgan fingerprint density at radius 1 is 1.13 bits per heavy atom. The van der Waals surface area contributed by atoms with Crippen LogP contribution in [0, 0.1) is 0 Å². The van der Waals surface area contributed by atoms with Gasteiger partial charge in [-0.2, -0.15) is 0 Å². The Bertz CT molecular complexity index is 500. The zero-order chi connectivity index (χ0) is 16.1. The van der Waals surface area contributed by atoms with Gasteiger partial charge in [-0.15, -0.1) is 0 Å². The quantitative estimate of drug-likeness (QED) is 0.789. The standard InChI is InChI=1S/C20H29NO2/c1-2-23-19(22)20(17-9-5-3-6-10-17)13-11-18(12-14-20)21-15-7-4-8-16-21/h3,5-6,9-10,18H,2,4,7-8,11-16H2,1H3. The average molecular weight is 315 g/mol. The molecule has 0 amide bonds. The van der Waals surface area contributed by atoms with Gasteiger partial charge in [-0.25, -0.2) is 0 Å². The van der Waals surface area contributed by atoms with Gasteiger partial charge in [-0.3, -0.25) is 4.79 Å². The highest BCUT2D eigenvalue weighted by Gasteiger charge is 2.45. The lowest BCUT2D eigenvalue weighted by molar-refractivity contribution is -0.152. The third kappa shape index (κ3) is 3.45. The van der Waals surface area contributed by atoms with Gasteiger partial charge in [-0.05, 0) is 64.1 Å². The van der Waals surface area contributed by atoms with E-state index in [4.69, 9.17) is 4.74 Å². The van der Waals surface area contributed by atoms with E-state index in [1.807, 2.05) is 25.1 Å². The maximum Gasteiger partial charge on any atom is 0.316 e. The number of carbonyl (C=O) groups excluding carboxylic acids is 1. The monoisotopic (exact) mass is 315 g/mol. The average Bonchev–Trinajstić information content (AvgIpc) is 2.63. The molecule has 23 heavy (non-hydrogen) atoms. The molecule has 0 aromatic heterocycles. The van der Waals surface area contributed by atoms with Crippen LogP contribution < -0.4 is 0 Å². The zero-order valence-electron chi connectivity index (χ0n) is 14.3. The van der Waals surface area contributed by atoms with E-state index in [2.05, 4.69) is 17.0 Å². The first-order valence-electron chi connectivity index (χ1n) is 9.23. The van der Waals surface area contributed by atoms with E-state index >= 15 is 0 Å². The largest absolute Gasteiger partial charge is 0.465 e. The van der Waals surface area contributed by atoms with Gasteiger partial charge >= 0.3 is 5.97 Å². The molecule has 3 rings (SSSR count). The van der Waals surface area contributed by atoms with Crippen molar-refractivity contribution in [2.45, 2.75) is 63.3 Å². The van der Waals surface area contributed by atoms with E-state index in [9.17, 15) is 4.79 Å². The number of benzene rings is 1. The number of hydrogen-bond acceptors (Lipinski definition) is 3. The van der Waals surface area contributed by atoms with Crippen LogP contribution in [0.3, 0.4) is 0 Å². The summed E-state index contributed by atoms with van der Waals surface area (Å²) in [6, 6.07) is 10.9. The van der Waals surface area contributed by atoms with Gasteiger partial charge < -0.3 is 9.64 Å². The van der Waals surface area contributed by atoms with Gasteiger partial charge in [0.25, 0.3) is 0 Å². The Hall–Kier alpha value is -1.35. The highest BCUT2D eigenvalue weighted by atomic mass is 16.5. The molecule has 0 unspecified atom stereocenters. The second-order valence-corrected chi connectivity index (χ2v) is 7.00. The molecule has 126 valence electrons. The number of likely N-dealkylation sites (tertiary alicyclic amines) is 1. The molecule has 0 atom stereocenters. The number of carbonyl (C=O) groups is 1. The fraction of sp³-hybridized carbons (Fsp3) is 0.650. The number of hydrogen-bond donors (Lipinski definition) is 0. The summed E-state index contributed by atoms with van der Waals surface area (Å²) in [6.45, 7) is 4.84. The van der Waals surface area contributed by atoms with Crippen molar-refractivity contribution in [1.29, 1.82) is 0 Å². The Morgan fingerprint density at radius 3 is 2.39 bits per heavy atom. The molecule has 1 saturated carbocycles. The van der Waals surface area contributed by atoms with E-state index < -0.39 is 5.41 Å². The summed E-state index contributed by atoms with van der Waals surface area (Å²) in [5, 5.41) is 0. The number of rotatable bonds is 4. The van der Waals surface area contributed by atoms with Crippen molar-refractivity contribution >= 4 is 5.97 Å². The smallest absolute Gasteiger partial charge is 0.316 e. The van der Waals surface area contributed by atoms with Crippen molar-refractivity contribution in [2.24, 2.45) is 0 Å². The van der Waals surface area contributed by atoms with Gasteiger partial charge in [-0.1, -0.05) is 36.8 Å². The van der Waals surface area contributed by atoms with Gasteiger partial charge in [0.1, 0.15) is 0 Å². The molecule has 0 N–H and O–H groups in total. The van der Waals surface area contributed by atoms with E-state index in [1.165, 1.54) is 32.4 Å². The van der Waals surface area contributed by atoms with Crippen molar-refractivity contribution in [3.8, 4) is 0 Å². The van der Waals surface area contributed by atoms with Crippen LogP contribution in [0.1, 0.15) is 57.4 Å². The minimum atomic E-state index is -0.427. The molecule has 1 saturated heterocycles. The molecule has 0 bridgehead atoms. The Morgan fingerprint density at radius 2 is 1.78 bits per heavy atom. The maximum atomic E-state index is 12.8. The first-order valence-corrected chi connectivity index (χ1v) is 9.23. The first-order chi connectivity index (χ1) is 11.3. The van der Waals surface area contributed by atoms with Crippen LogP contribution in [0.5, 0.6) is 0 Å². The van der Waals surface area contributed by atoms with Crippen molar-refractivity contribution in [2.75, 3.05) is 19.7 Å². The van der Waals surface area contributed by atoms with Crippen LogP contribution in [0.4, 0.5) is 0 Å². The fourth-order valence-electron chi connectivity index (χ4n) is 4.38. The first kappa shape index (κ1) is 16.5. The summed E-state index contributed by atoms with van der Waals surface area (Å²) in [6.07, 6.45) is 8.08. The van der Waals surface area contributed by atoms with Crippen LogP contribution in [0.15, 0.2) is 30.3 Å². The van der Waals surface area contributed by atoms with Crippen LogP contribution >= 0.6 is 0 Å². The summed E-state index contributed by atoms with van der Waals surface area (Å²) < 4.78 is 5.47. The Kier molecular flexibility index (Phi) is 5.37.